The van der Waals surface area contributed by atoms with Gasteiger partial charge in [-0.1, -0.05) is 35.5 Å². The largest absolute Gasteiger partial charge is 0.457 e. The summed E-state index contributed by atoms with van der Waals surface area (Å²) in [4.78, 5) is 18.4. The van der Waals surface area contributed by atoms with E-state index in [2.05, 4.69) is 37.1 Å². The number of anilines is 4. The summed E-state index contributed by atoms with van der Waals surface area (Å²) in [6.45, 7) is 5.61. The number of hydrogen-bond donors (Lipinski definition) is 2. The predicted molar refractivity (Wildman–Crippen MR) is 135 cm³/mol. The van der Waals surface area contributed by atoms with E-state index >= 15 is 0 Å². The van der Waals surface area contributed by atoms with Crippen LogP contribution in [-0.2, 0) is 11.4 Å². The maximum Gasteiger partial charge on any atom is 0.222 e. The second kappa shape index (κ2) is 9.30. The van der Waals surface area contributed by atoms with Crippen molar-refractivity contribution in [3.63, 3.8) is 0 Å². The Labute approximate surface area is 197 Å². The van der Waals surface area contributed by atoms with E-state index in [1.54, 1.807) is 6.21 Å². The third-order valence-corrected chi connectivity index (χ3v) is 5.92. The van der Waals surface area contributed by atoms with E-state index in [4.69, 9.17) is 20.7 Å². The first kappa shape index (κ1) is 21.6. The van der Waals surface area contributed by atoms with Crippen LogP contribution in [0.1, 0.15) is 17.0 Å². The van der Waals surface area contributed by atoms with Crippen LogP contribution >= 0.6 is 0 Å². The third-order valence-electron chi connectivity index (χ3n) is 5.92. The predicted octanol–water partition coefficient (Wildman–Crippen LogP) is 3.57. The molecule has 0 spiro atoms. The van der Waals surface area contributed by atoms with Gasteiger partial charge in [-0.2, -0.15) is 4.98 Å². The van der Waals surface area contributed by atoms with E-state index in [0.717, 1.165) is 59.9 Å². The number of furan rings is 1. The molecule has 1 fully saturated rings. The van der Waals surface area contributed by atoms with Crippen molar-refractivity contribution in [2.24, 2.45) is 5.16 Å². The number of oxime groups is 1. The van der Waals surface area contributed by atoms with Gasteiger partial charge in [0.25, 0.3) is 0 Å². The maximum absolute atomic E-state index is 6.10. The highest BCUT2D eigenvalue weighted by Crippen LogP contribution is 2.27. The zero-order valence-electron chi connectivity index (χ0n) is 19.0. The summed E-state index contributed by atoms with van der Waals surface area (Å²) in [6, 6.07) is 18.1. The van der Waals surface area contributed by atoms with Crippen molar-refractivity contribution in [1.82, 2.24) is 9.97 Å². The zero-order valence-corrected chi connectivity index (χ0v) is 19.0. The minimum Gasteiger partial charge on any atom is -0.457 e. The number of aryl methyl sites for hydroxylation is 1. The lowest BCUT2D eigenvalue weighted by atomic mass is 10.2. The Balaban J connectivity index is 1.14. The summed E-state index contributed by atoms with van der Waals surface area (Å²) in [5.41, 5.74) is 16.5. The minimum absolute atomic E-state index is 0.209. The fourth-order valence-corrected chi connectivity index (χ4v) is 4.27. The molecule has 1 aliphatic rings. The van der Waals surface area contributed by atoms with Crippen LogP contribution < -0.4 is 21.3 Å². The van der Waals surface area contributed by atoms with E-state index in [1.807, 2.05) is 49.4 Å². The van der Waals surface area contributed by atoms with Crippen LogP contribution in [-0.4, -0.2) is 42.4 Å². The molecule has 4 aromatic rings. The van der Waals surface area contributed by atoms with Crippen molar-refractivity contribution in [3.05, 3.63) is 71.6 Å². The summed E-state index contributed by atoms with van der Waals surface area (Å²) < 4.78 is 5.73. The fourth-order valence-electron chi connectivity index (χ4n) is 4.27. The molecule has 1 saturated heterocycles. The lowest BCUT2D eigenvalue weighted by Gasteiger charge is -2.38. The van der Waals surface area contributed by atoms with Gasteiger partial charge in [-0.05, 0) is 36.8 Å². The highest BCUT2D eigenvalue weighted by Gasteiger charge is 2.22. The Morgan fingerprint density at radius 2 is 1.74 bits per heavy atom. The van der Waals surface area contributed by atoms with Crippen LogP contribution in [0, 0.1) is 6.92 Å². The standard InChI is InChI=1S/C25H27N7O2/c1-17-23(24(26)30-25(27)29-17)32-12-10-31(11-13-32)20-8-6-18(7-9-20)15-28-33-16-21-14-19-4-2-3-5-22(19)34-21/h2-9,14-15H,10-13,16H2,1H3,(H4,26,27,29,30)/b28-15+. The van der Waals surface area contributed by atoms with Crippen LogP contribution in [0.3, 0.4) is 0 Å². The number of nitrogens with two attached hydrogens (primary N) is 2. The van der Waals surface area contributed by atoms with E-state index < -0.39 is 0 Å². The second-order valence-electron chi connectivity index (χ2n) is 8.23. The third kappa shape index (κ3) is 4.59. The van der Waals surface area contributed by atoms with Crippen molar-refractivity contribution in [3.8, 4) is 0 Å². The number of nitrogens with zero attached hydrogens (tertiary/aromatic N) is 5. The molecule has 9 nitrogen and oxygen atoms in total. The number of fused-ring (bicyclic) bond motifs is 1. The SMILES string of the molecule is Cc1nc(N)nc(N)c1N1CCN(c2ccc(/C=N/OCc3cc4ccccc4o3)cc2)CC1. The van der Waals surface area contributed by atoms with Gasteiger partial charge in [0.2, 0.25) is 5.95 Å². The Kier molecular flexibility index (Phi) is 5.90. The highest BCUT2D eigenvalue weighted by atomic mass is 16.6. The molecule has 1 aliphatic heterocycles. The number of piperazine rings is 1. The van der Waals surface area contributed by atoms with Gasteiger partial charge >= 0.3 is 0 Å². The van der Waals surface area contributed by atoms with E-state index in [-0.39, 0.29) is 12.6 Å². The molecule has 3 heterocycles. The molecule has 0 bridgehead atoms. The number of para-hydroxylation sites is 1. The summed E-state index contributed by atoms with van der Waals surface area (Å²) in [5.74, 6) is 1.39. The van der Waals surface area contributed by atoms with Gasteiger partial charge < -0.3 is 30.5 Å². The smallest absolute Gasteiger partial charge is 0.222 e. The first-order valence-corrected chi connectivity index (χ1v) is 11.2. The van der Waals surface area contributed by atoms with Crippen LogP contribution in [0.4, 0.5) is 23.1 Å². The normalized spacial score (nSPS) is 14.3. The molecule has 9 heteroatoms. The molecule has 0 radical (unpaired) electrons. The van der Waals surface area contributed by atoms with Gasteiger partial charge in [-0.25, -0.2) is 4.98 Å². The Morgan fingerprint density at radius 3 is 2.47 bits per heavy atom. The molecule has 2 aromatic carbocycles. The van der Waals surface area contributed by atoms with Crippen molar-refractivity contribution >= 4 is 40.3 Å². The number of rotatable bonds is 6. The Morgan fingerprint density at radius 1 is 1.00 bits per heavy atom. The van der Waals surface area contributed by atoms with Crippen LogP contribution in [0.2, 0.25) is 0 Å². The molecule has 0 aliphatic carbocycles. The van der Waals surface area contributed by atoms with Crippen molar-refractivity contribution < 1.29 is 9.25 Å². The lowest BCUT2D eigenvalue weighted by Crippen LogP contribution is -2.47. The van der Waals surface area contributed by atoms with Gasteiger partial charge in [0.15, 0.2) is 12.4 Å². The van der Waals surface area contributed by atoms with Crippen molar-refractivity contribution in [2.75, 3.05) is 47.4 Å². The molecule has 0 unspecified atom stereocenters. The van der Waals surface area contributed by atoms with Gasteiger partial charge in [0, 0.05) is 37.3 Å². The first-order chi connectivity index (χ1) is 16.6. The average molecular weight is 458 g/mol. The average Bonchev–Trinajstić information content (AvgIpc) is 3.25. The van der Waals surface area contributed by atoms with E-state index in [1.165, 1.54) is 5.69 Å². The molecule has 2 aromatic heterocycles. The molecule has 0 saturated carbocycles. The van der Waals surface area contributed by atoms with Gasteiger partial charge in [0.1, 0.15) is 17.0 Å². The number of benzene rings is 2. The Bertz CT molecular complexity index is 1250. The molecule has 0 atom stereocenters. The van der Waals surface area contributed by atoms with Gasteiger partial charge in [0.05, 0.1) is 11.9 Å². The lowest BCUT2D eigenvalue weighted by molar-refractivity contribution is 0.117. The summed E-state index contributed by atoms with van der Waals surface area (Å²) in [5, 5.41) is 5.13. The molecular formula is C25H27N7O2. The monoisotopic (exact) mass is 457 g/mol. The number of hydrogen-bond acceptors (Lipinski definition) is 9. The van der Waals surface area contributed by atoms with Gasteiger partial charge in [-0.3, -0.25) is 0 Å². The zero-order chi connectivity index (χ0) is 23.5. The second-order valence-corrected chi connectivity index (χ2v) is 8.23. The van der Waals surface area contributed by atoms with Crippen LogP contribution in [0.5, 0.6) is 0 Å². The van der Waals surface area contributed by atoms with E-state index in [0.29, 0.717) is 5.82 Å². The summed E-state index contributed by atoms with van der Waals surface area (Å²) in [6.07, 6.45) is 1.71. The van der Waals surface area contributed by atoms with Crippen LogP contribution in [0.25, 0.3) is 11.0 Å². The molecule has 34 heavy (non-hydrogen) atoms. The van der Waals surface area contributed by atoms with Crippen molar-refractivity contribution in [1.29, 1.82) is 0 Å². The number of nitrogen functional groups attached to an aromatic ring is 2. The molecule has 5 rings (SSSR count). The number of aromatic nitrogens is 2. The quantitative estimate of drug-likeness (QED) is 0.333. The van der Waals surface area contributed by atoms with Gasteiger partial charge in [-0.15, -0.1) is 0 Å². The summed E-state index contributed by atoms with van der Waals surface area (Å²) in [7, 11) is 0. The molecule has 174 valence electrons. The topological polar surface area (TPSA) is 119 Å². The molecular weight excluding hydrogens is 430 g/mol. The molecule has 4 N–H and O–H groups in total. The highest BCUT2D eigenvalue weighted by molar-refractivity contribution is 5.80. The maximum atomic E-state index is 6.10. The first-order valence-electron chi connectivity index (χ1n) is 11.2. The summed E-state index contributed by atoms with van der Waals surface area (Å²) >= 11 is 0. The van der Waals surface area contributed by atoms with Crippen LogP contribution in [0.15, 0.2) is 64.2 Å². The minimum atomic E-state index is 0.209. The van der Waals surface area contributed by atoms with E-state index in [9.17, 15) is 0 Å². The fraction of sp³-hybridized carbons (Fsp3) is 0.240. The van der Waals surface area contributed by atoms with Crippen molar-refractivity contribution in [2.45, 2.75) is 13.5 Å². The molecule has 0 amide bonds. The Hall–Kier alpha value is -4.27.